The predicted octanol–water partition coefficient (Wildman–Crippen LogP) is 1.91. The summed E-state index contributed by atoms with van der Waals surface area (Å²) in [6, 6.07) is 4.23. The molecule has 0 bridgehead atoms. The van der Waals surface area contributed by atoms with E-state index in [0.717, 1.165) is 0 Å². The van der Waals surface area contributed by atoms with E-state index >= 15 is 0 Å². The number of rotatable bonds is 1. The van der Waals surface area contributed by atoms with E-state index in [1.54, 1.807) is 12.1 Å². The lowest BCUT2D eigenvalue weighted by atomic mass is 10.1. The second-order valence-corrected chi connectivity index (χ2v) is 2.87. The summed E-state index contributed by atoms with van der Waals surface area (Å²) >= 11 is 11.2. The van der Waals surface area contributed by atoms with Crippen LogP contribution in [0.2, 0.25) is 10.3 Å². The molecule has 0 aliphatic heterocycles. The first kappa shape index (κ1) is 9.27. The monoisotopic (exact) mass is 201 g/mol. The number of hydrogen-bond donors (Lipinski definition) is 1. The molecule has 0 aliphatic carbocycles. The van der Waals surface area contributed by atoms with Gasteiger partial charge < -0.3 is 5.73 Å². The highest BCUT2D eigenvalue weighted by molar-refractivity contribution is 6.32. The van der Waals surface area contributed by atoms with Gasteiger partial charge in [-0.15, -0.1) is 0 Å². The Kier molecular flexibility index (Phi) is 2.88. The molecule has 1 aromatic heterocycles. The quantitative estimate of drug-likeness (QED) is 0.707. The molecule has 0 saturated heterocycles. The zero-order valence-electron chi connectivity index (χ0n) is 5.96. The average molecular weight is 202 g/mol. The van der Waals surface area contributed by atoms with Crippen molar-refractivity contribution in [2.24, 2.45) is 5.73 Å². The first-order valence-electron chi connectivity index (χ1n) is 3.12. The molecule has 5 heteroatoms. The van der Waals surface area contributed by atoms with Crippen LogP contribution in [-0.4, -0.2) is 4.98 Å². The number of pyridine rings is 1. The Balaban J connectivity index is 3.11. The second-order valence-electron chi connectivity index (χ2n) is 2.12. The summed E-state index contributed by atoms with van der Waals surface area (Å²) < 4.78 is 0. The maximum atomic E-state index is 8.49. The van der Waals surface area contributed by atoms with Gasteiger partial charge in [-0.1, -0.05) is 29.3 Å². The maximum absolute atomic E-state index is 8.49. The number of nitrogens with zero attached hydrogens (tertiary/aromatic N) is 2. The molecule has 1 heterocycles. The van der Waals surface area contributed by atoms with Gasteiger partial charge in [0.1, 0.15) is 16.3 Å². The van der Waals surface area contributed by atoms with Gasteiger partial charge in [0.05, 0.1) is 6.07 Å². The van der Waals surface area contributed by atoms with Crippen LogP contribution in [-0.2, 0) is 0 Å². The first-order valence-corrected chi connectivity index (χ1v) is 3.88. The third-order valence-electron chi connectivity index (χ3n) is 1.32. The molecular formula is C7H5Cl2N3. The molecule has 0 aromatic carbocycles. The van der Waals surface area contributed by atoms with Crippen LogP contribution >= 0.6 is 23.2 Å². The van der Waals surface area contributed by atoms with Gasteiger partial charge in [0.15, 0.2) is 0 Å². The number of halogens is 2. The van der Waals surface area contributed by atoms with Crippen molar-refractivity contribution in [1.29, 1.82) is 5.26 Å². The van der Waals surface area contributed by atoms with E-state index < -0.39 is 6.04 Å². The van der Waals surface area contributed by atoms with Crippen LogP contribution in [0.4, 0.5) is 0 Å². The van der Waals surface area contributed by atoms with Crippen LogP contribution < -0.4 is 5.73 Å². The van der Waals surface area contributed by atoms with Crippen LogP contribution in [0.15, 0.2) is 12.1 Å². The fraction of sp³-hybridized carbons (Fsp3) is 0.143. The largest absolute Gasteiger partial charge is 0.312 e. The average Bonchev–Trinajstić information content (AvgIpc) is 2.03. The Morgan fingerprint density at radius 1 is 1.50 bits per heavy atom. The zero-order valence-corrected chi connectivity index (χ0v) is 7.47. The molecule has 1 rings (SSSR count). The summed E-state index contributed by atoms with van der Waals surface area (Å²) in [7, 11) is 0. The van der Waals surface area contributed by atoms with Crippen molar-refractivity contribution in [2.45, 2.75) is 6.04 Å². The number of hydrogen-bond acceptors (Lipinski definition) is 3. The Bertz CT molecular complexity index is 332. The highest BCUT2D eigenvalue weighted by Gasteiger charge is 2.09. The predicted molar refractivity (Wildman–Crippen MR) is 46.8 cm³/mol. The molecule has 0 saturated carbocycles. The van der Waals surface area contributed by atoms with E-state index in [1.165, 1.54) is 0 Å². The number of aromatic nitrogens is 1. The molecule has 0 unspecified atom stereocenters. The molecule has 0 aliphatic rings. The molecule has 1 aromatic rings. The van der Waals surface area contributed by atoms with Gasteiger partial charge in [0, 0.05) is 5.56 Å². The summed E-state index contributed by atoms with van der Waals surface area (Å²) in [6.07, 6.45) is 0. The SMILES string of the molecule is N#C[C@@H](N)c1ccc(Cl)nc1Cl. The maximum Gasteiger partial charge on any atom is 0.136 e. The van der Waals surface area contributed by atoms with Gasteiger partial charge >= 0.3 is 0 Å². The summed E-state index contributed by atoms with van der Waals surface area (Å²) in [5.41, 5.74) is 5.91. The minimum absolute atomic E-state index is 0.177. The Morgan fingerprint density at radius 3 is 2.67 bits per heavy atom. The number of nitriles is 1. The molecule has 1 atom stereocenters. The van der Waals surface area contributed by atoms with E-state index in [2.05, 4.69) is 4.98 Å². The molecule has 0 radical (unpaired) electrons. The van der Waals surface area contributed by atoms with E-state index in [9.17, 15) is 0 Å². The highest BCUT2D eigenvalue weighted by atomic mass is 35.5. The van der Waals surface area contributed by atoms with Gasteiger partial charge in [-0.05, 0) is 6.07 Å². The Labute approximate surface area is 79.7 Å². The van der Waals surface area contributed by atoms with Crippen LogP contribution in [0.1, 0.15) is 11.6 Å². The van der Waals surface area contributed by atoms with Crippen molar-refractivity contribution in [3.63, 3.8) is 0 Å². The molecule has 0 fully saturated rings. The van der Waals surface area contributed by atoms with Gasteiger partial charge in [-0.3, -0.25) is 0 Å². The normalized spacial score (nSPS) is 12.2. The van der Waals surface area contributed by atoms with Crippen molar-refractivity contribution >= 4 is 23.2 Å². The first-order chi connectivity index (χ1) is 5.65. The molecule has 2 N–H and O–H groups in total. The van der Waals surface area contributed by atoms with E-state index in [1.807, 2.05) is 6.07 Å². The lowest BCUT2D eigenvalue weighted by molar-refractivity contribution is 0.916. The highest BCUT2D eigenvalue weighted by Crippen LogP contribution is 2.20. The molecule has 12 heavy (non-hydrogen) atoms. The van der Waals surface area contributed by atoms with Crippen LogP contribution in [0, 0.1) is 11.3 Å². The van der Waals surface area contributed by atoms with E-state index in [4.69, 9.17) is 34.2 Å². The van der Waals surface area contributed by atoms with Gasteiger partial charge in [-0.25, -0.2) is 4.98 Å². The Hall–Kier alpha value is -0.820. The fourth-order valence-electron chi connectivity index (χ4n) is 0.724. The van der Waals surface area contributed by atoms with Crippen molar-refractivity contribution in [2.75, 3.05) is 0 Å². The molecule has 0 spiro atoms. The smallest absolute Gasteiger partial charge is 0.136 e. The van der Waals surface area contributed by atoms with Gasteiger partial charge in [-0.2, -0.15) is 5.26 Å². The lowest BCUT2D eigenvalue weighted by Crippen LogP contribution is -2.08. The van der Waals surface area contributed by atoms with Crippen molar-refractivity contribution in [3.05, 3.63) is 28.0 Å². The standard InChI is InChI=1S/C7H5Cl2N3/c8-6-2-1-4(5(11)3-10)7(9)12-6/h1-2,5H,11H2/t5-/m1/s1. The fourth-order valence-corrected chi connectivity index (χ4v) is 1.19. The summed E-state index contributed by atoms with van der Waals surface area (Å²) in [4.78, 5) is 3.74. The van der Waals surface area contributed by atoms with Crippen LogP contribution in [0.25, 0.3) is 0 Å². The molecule has 62 valence electrons. The topological polar surface area (TPSA) is 62.7 Å². The van der Waals surface area contributed by atoms with Crippen LogP contribution in [0.5, 0.6) is 0 Å². The van der Waals surface area contributed by atoms with Crippen molar-refractivity contribution < 1.29 is 0 Å². The van der Waals surface area contributed by atoms with Gasteiger partial charge in [0.25, 0.3) is 0 Å². The molecule has 3 nitrogen and oxygen atoms in total. The minimum Gasteiger partial charge on any atom is -0.312 e. The van der Waals surface area contributed by atoms with E-state index in [-0.39, 0.29) is 10.3 Å². The zero-order chi connectivity index (χ0) is 9.14. The van der Waals surface area contributed by atoms with Crippen LogP contribution in [0.3, 0.4) is 0 Å². The third kappa shape index (κ3) is 1.86. The summed E-state index contributed by atoms with van der Waals surface area (Å²) in [5, 5.41) is 8.95. The second kappa shape index (κ2) is 3.72. The minimum atomic E-state index is -0.748. The molecular weight excluding hydrogens is 197 g/mol. The summed E-state index contributed by atoms with van der Waals surface area (Å²) in [6.45, 7) is 0. The Morgan fingerprint density at radius 2 is 2.17 bits per heavy atom. The molecule has 0 amide bonds. The lowest BCUT2D eigenvalue weighted by Gasteiger charge is -2.03. The third-order valence-corrected chi connectivity index (χ3v) is 1.83. The van der Waals surface area contributed by atoms with Gasteiger partial charge in [0.2, 0.25) is 0 Å². The van der Waals surface area contributed by atoms with Crippen molar-refractivity contribution in [3.8, 4) is 6.07 Å². The van der Waals surface area contributed by atoms with Crippen molar-refractivity contribution in [1.82, 2.24) is 4.98 Å². The number of nitrogens with two attached hydrogens (primary N) is 1. The summed E-state index contributed by atoms with van der Waals surface area (Å²) in [5.74, 6) is 0. The van der Waals surface area contributed by atoms with E-state index in [0.29, 0.717) is 5.56 Å².